The van der Waals surface area contributed by atoms with E-state index in [2.05, 4.69) is 0 Å². The molecular formula is C18H21NO3. The fourth-order valence-electron chi connectivity index (χ4n) is 4.28. The number of likely N-dealkylation sites (N-methyl/N-ethyl adjacent to an activating group) is 1. The Morgan fingerprint density at radius 2 is 2.45 bits per heavy atom. The molecule has 1 saturated carbocycles. The molecule has 2 aliphatic heterocycles. The van der Waals surface area contributed by atoms with Crippen molar-refractivity contribution in [3.63, 3.8) is 0 Å². The number of hydrogen-bond donors (Lipinski definition) is 0. The van der Waals surface area contributed by atoms with Crippen molar-refractivity contribution in [3.05, 3.63) is 23.2 Å². The highest BCUT2D eigenvalue weighted by atomic mass is 16.5. The van der Waals surface area contributed by atoms with E-state index in [4.69, 9.17) is 17.7 Å². The van der Waals surface area contributed by atoms with Crippen molar-refractivity contribution < 1.29 is 25.2 Å². The Balaban J connectivity index is 2.02. The molecule has 5 rings (SSSR count). The van der Waals surface area contributed by atoms with E-state index in [1.807, 2.05) is 0 Å². The van der Waals surface area contributed by atoms with Gasteiger partial charge in [-0.05, 0) is 50.3 Å². The van der Waals surface area contributed by atoms with Gasteiger partial charge in [0, 0.05) is 31.6 Å². The number of ketones is 1. The summed E-state index contributed by atoms with van der Waals surface area (Å²) >= 11 is 0. The lowest BCUT2D eigenvalue weighted by Crippen LogP contribution is -2.65. The number of Topliss-reactive ketones (excluding diaryl/α,β-unsaturated/α-hetero) is 1. The number of methoxy groups -OCH3 is 1. The molecule has 1 spiro atoms. The van der Waals surface area contributed by atoms with Crippen molar-refractivity contribution in [2.24, 2.45) is 5.89 Å². The van der Waals surface area contributed by atoms with Crippen molar-refractivity contribution in [3.8, 4) is 11.5 Å². The van der Waals surface area contributed by atoms with Gasteiger partial charge in [0.05, 0.1) is 9.85 Å². The molecule has 0 amide bonds. The van der Waals surface area contributed by atoms with Crippen LogP contribution in [0.2, 0.25) is 0 Å². The molecule has 4 heteroatoms. The van der Waals surface area contributed by atoms with Crippen molar-refractivity contribution >= 4 is 5.78 Å². The zero-order chi connectivity index (χ0) is 22.2. The number of benzene rings is 1. The average molecular weight is 307 g/mol. The smallest absolute Gasteiger partial charge is 0.174 e. The summed E-state index contributed by atoms with van der Waals surface area (Å²) in [6.07, 6.45) is -7.04. The van der Waals surface area contributed by atoms with Gasteiger partial charge >= 0.3 is 0 Å². The Bertz CT molecular complexity index is 1030. The Morgan fingerprint density at radius 1 is 1.59 bits per heavy atom. The molecule has 1 aromatic rings. The first kappa shape index (κ1) is 7.35. The summed E-state index contributed by atoms with van der Waals surface area (Å²) in [4.78, 5) is 14.5. The van der Waals surface area contributed by atoms with Gasteiger partial charge in [0.25, 0.3) is 0 Å². The SMILES string of the molecule is [2H]c1c([2H])c2c3c(c1OC)OC1C(=O)C([2H])([2H])C[C@]4([2H])[C@@]31CCN(C)[C@]4([2H])C2([2H])[2H]. The summed E-state index contributed by atoms with van der Waals surface area (Å²) in [5, 5.41) is 0. The quantitative estimate of drug-likeness (QED) is 0.795. The summed E-state index contributed by atoms with van der Waals surface area (Å²) in [5.41, 5.74) is -1.60. The van der Waals surface area contributed by atoms with Crippen LogP contribution in [0, 0.1) is 5.89 Å². The minimum absolute atomic E-state index is 0.0725. The second-order valence-corrected chi connectivity index (χ2v) is 6.17. The first-order valence-electron chi connectivity index (χ1n) is 11.4. The molecule has 2 fully saturated rings. The second-order valence-electron chi connectivity index (χ2n) is 6.17. The highest BCUT2D eigenvalue weighted by molar-refractivity contribution is 5.89. The van der Waals surface area contributed by atoms with Gasteiger partial charge in [-0.2, -0.15) is 0 Å². The number of likely N-dealkylation sites (tertiary alicyclic amines) is 1. The molecule has 4 aliphatic rings. The summed E-state index contributed by atoms with van der Waals surface area (Å²) in [6.45, 7) is 0.191. The molecule has 1 unspecified atom stereocenters. The number of carbonyl (C=O) groups is 1. The molecule has 22 heavy (non-hydrogen) atoms. The summed E-state index contributed by atoms with van der Waals surface area (Å²) in [5.74, 6) is -3.15. The minimum Gasteiger partial charge on any atom is -0.493 e. The molecule has 4 atom stereocenters. The summed E-state index contributed by atoms with van der Waals surface area (Å²) in [6, 6.07) is -3.20. The van der Waals surface area contributed by atoms with Crippen LogP contribution in [0.5, 0.6) is 11.5 Å². The predicted molar refractivity (Wildman–Crippen MR) is 81.6 cm³/mol. The van der Waals surface area contributed by atoms with Crippen molar-refractivity contribution in [2.75, 3.05) is 20.7 Å². The van der Waals surface area contributed by atoms with Crippen LogP contribution in [0.15, 0.2) is 12.1 Å². The van der Waals surface area contributed by atoms with Crippen molar-refractivity contribution in [2.45, 2.75) is 43.1 Å². The molecular weight excluding hydrogens is 278 g/mol. The first-order chi connectivity index (χ1) is 13.7. The molecule has 0 N–H and O–H groups in total. The number of rotatable bonds is 1. The highest BCUT2D eigenvalue weighted by Crippen LogP contribution is 2.62. The Morgan fingerprint density at radius 3 is 3.27 bits per heavy atom. The maximum Gasteiger partial charge on any atom is 0.174 e. The van der Waals surface area contributed by atoms with E-state index in [1.54, 1.807) is 0 Å². The fraction of sp³-hybridized carbons (Fsp3) is 0.611. The van der Waals surface area contributed by atoms with Crippen LogP contribution >= 0.6 is 0 Å². The van der Waals surface area contributed by atoms with E-state index in [0.717, 1.165) is 0 Å². The van der Waals surface area contributed by atoms with E-state index in [9.17, 15) is 7.54 Å². The summed E-state index contributed by atoms with van der Waals surface area (Å²) < 4.78 is 81.3. The Hall–Kier alpha value is -1.55. The van der Waals surface area contributed by atoms with Gasteiger partial charge < -0.3 is 14.4 Å². The van der Waals surface area contributed by atoms with Gasteiger partial charge in [0.1, 0.15) is 0 Å². The lowest BCUT2D eigenvalue weighted by molar-refractivity contribution is -0.138. The Kier molecular flexibility index (Phi) is 1.35. The second kappa shape index (κ2) is 4.05. The van der Waals surface area contributed by atoms with Crippen LogP contribution in [-0.2, 0) is 16.6 Å². The molecule has 116 valence electrons. The van der Waals surface area contributed by atoms with Gasteiger partial charge in [0.15, 0.2) is 23.4 Å². The van der Waals surface area contributed by atoms with Gasteiger partial charge in [0.2, 0.25) is 0 Å². The van der Waals surface area contributed by atoms with Gasteiger partial charge in [-0.1, -0.05) is 6.04 Å². The number of carbonyl (C=O) groups excluding carboxylic acids is 1. The number of ether oxygens (including phenoxy) is 2. The monoisotopic (exact) mass is 307 g/mol. The maximum atomic E-state index is 13.1. The number of nitrogens with zero attached hydrogens (tertiary/aromatic N) is 1. The topological polar surface area (TPSA) is 38.8 Å². The standard InChI is InChI=1S/C18H21NO3/c1-19-8-7-18-11-4-5-13(20)17(18)22-16-14(21-2)6-3-10(15(16)18)9-12(11)19/h3,6,11-12,17H,4-5,7-9H2,1-2H3/t11-,12+,17?,18-/m0/s1/i3D,5D2,6D,9D2,11D,12D. The molecule has 0 radical (unpaired) electrons. The summed E-state index contributed by atoms with van der Waals surface area (Å²) in [7, 11) is 2.78. The van der Waals surface area contributed by atoms with Gasteiger partial charge in [-0.25, -0.2) is 0 Å². The van der Waals surface area contributed by atoms with Gasteiger partial charge in [-0.15, -0.1) is 0 Å². The van der Waals surface area contributed by atoms with E-state index in [0.29, 0.717) is 0 Å². The molecule has 1 aromatic carbocycles. The zero-order valence-corrected chi connectivity index (χ0v) is 12.4. The third-order valence-corrected chi connectivity index (χ3v) is 5.29. The molecule has 2 heterocycles. The first-order valence-corrected chi connectivity index (χ1v) is 7.38. The van der Waals surface area contributed by atoms with Crippen LogP contribution < -0.4 is 9.47 Å². The Labute approximate surface area is 141 Å². The van der Waals surface area contributed by atoms with E-state index in [-0.39, 0.29) is 35.6 Å². The lowest BCUT2D eigenvalue weighted by Gasteiger charge is -2.57. The van der Waals surface area contributed by atoms with Crippen molar-refractivity contribution in [1.82, 2.24) is 4.90 Å². The lowest BCUT2D eigenvalue weighted by atomic mass is 9.52. The molecule has 0 aromatic heterocycles. The molecule has 4 nitrogen and oxygen atoms in total. The molecule has 2 aliphatic carbocycles. The zero-order valence-electron chi connectivity index (χ0n) is 20.4. The van der Waals surface area contributed by atoms with Crippen LogP contribution in [0.25, 0.3) is 0 Å². The van der Waals surface area contributed by atoms with E-state index in [1.165, 1.54) is 19.1 Å². The van der Waals surface area contributed by atoms with Crippen LogP contribution in [0.4, 0.5) is 0 Å². The van der Waals surface area contributed by atoms with Crippen LogP contribution in [0.1, 0.15) is 41.3 Å². The third-order valence-electron chi connectivity index (χ3n) is 5.29. The van der Waals surface area contributed by atoms with Crippen LogP contribution in [-0.4, -0.2) is 43.5 Å². The normalized spacial score (nSPS) is 55.0. The van der Waals surface area contributed by atoms with E-state index < -0.39 is 60.5 Å². The predicted octanol–water partition coefficient (Wildman–Crippen LogP) is 1.93. The average Bonchev–Trinajstić information content (AvgIpc) is 2.98. The number of hydrogen-bond acceptors (Lipinski definition) is 4. The van der Waals surface area contributed by atoms with E-state index >= 15 is 0 Å². The number of piperidine rings is 1. The van der Waals surface area contributed by atoms with Crippen LogP contribution in [0.3, 0.4) is 0 Å². The van der Waals surface area contributed by atoms with Gasteiger partial charge in [-0.3, -0.25) is 4.79 Å². The third kappa shape index (κ3) is 1.27. The highest BCUT2D eigenvalue weighted by Gasteiger charge is 2.65. The fourth-order valence-corrected chi connectivity index (χ4v) is 4.28. The molecule has 1 saturated heterocycles. The maximum absolute atomic E-state index is 13.1. The minimum atomic E-state index is -2.61. The van der Waals surface area contributed by atoms with Crippen molar-refractivity contribution in [1.29, 1.82) is 0 Å². The molecule has 2 bridgehead atoms. The largest absolute Gasteiger partial charge is 0.493 e.